The maximum atomic E-state index is 6.13. The van der Waals surface area contributed by atoms with Gasteiger partial charge in [0, 0.05) is 17.4 Å². The molecule has 4 heteroatoms. The number of rotatable bonds is 4. The zero-order chi connectivity index (χ0) is 11.7. The SMILES string of the molecule is CCCc1nc(C(C)(C)C(C)(C)N)n[nH]1. The molecule has 0 unspecified atom stereocenters. The fourth-order valence-corrected chi connectivity index (χ4v) is 1.21. The first-order valence-electron chi connectivity index (χ1n) is 5.49. The van der Waals surface area contributed by atoms with E-state index in [1.165, 1.54) is 0 Å². The Morgan fingerprint density at radius 3 is 2.33 bits per heavy atom. The molecular formula is C11H22N4. The van der Waals surface area contributed by atoms with Gasteiger partial charge in [-0.1, -0.05) is 20.8 Å². The fraction of sp³-hybridized carbons (Fsp3) is 0.818. The Bertz CT molecular complexity index is 320. The average Bonchev–Trinajstić information content (AvgIpc) is 2.51. The van der Waals surface area contributed by atoms with E-state index in [0.29, 0.717) is 0 Å². The lowest BCUT2D eigenvalue weighted by molar-refractivity contribution is 0.291. The van der Waals surface area contributed by atoms with Crippen LogP contribution in [0.4, 0.5) is 0 Å². The van der Waals surface area contributed by atoms with Crippen molar-refractivity contribution in [2.75, 3.05) is 0 Å². The van der Waals surface area contributed by atoms with Crippen LogP contribution in [0.15, 0.2) is 0 Å². The van der Waals surface area contributed by atoms with Gasteiger partial charge in [-0.3, -0.25) is 5.10 Å². The molecule has 0 aromatic carbocycles. The lowest BCUT2D eigenvalue weighted by Gasteiger charge is -2.35. The monoisotopic (exact) mass is 210 g/mol. The van der Waals surface area contributed by atoms with Gasteiger partial charge in [0.1, 0.15) is 5.82 Å². The number of nitrogens with one attached hydrogen (secondary N) is 1. The Morgan fingerprint density at radius 1 is 1.27 bits per heavy atom. The highest BCUT2D eigenvalue weighted by atomic mass is 15.2. The highest BCUT2D eigenvalue weighted by Gasteiger charge is 2.38. The third kappa shape index (κ3) is 2.37. The van der Waals surface area contributed by atoms with Gasteiger partial charge in [-0.15, -0.1) is 0 Å². The van der Waals surface area contributed by atoms with Crippen molar-refractivity contribution in [1.82, 2.24) is 15.2 Å². The molecule has 0 bridgehead atoms. The van der Waals surface area contributed by atoms with Gasteiger partial charge in [0.2, 0.25) is 0 Å². The van der Waals surface area contributed by atoms with Crippen molar-refractivity contribution in [3.63, 3.8) is 0 Å². The van der Waals surface area contributed by atoms with Gasteiger partial charge in [0.25, 0.3) is 0 Å². The Balaban J connectivity index is 2.95. The summed E-state index contributed by atoms with van der Waals surface area (Å²) >= 11 is 0. The Labute approximate surface area is 91.7 Å². The molecule has 15 heavy (non-hydrogen) atoms. The summed E-state index contributed by atoms with van der Waals surface area (Å²) in [6.45, 7) is 10.3. The third-order valence-corrected chi connectivity index (χ3v) is 3.19. The van der Waals surface area contributed by atoms with Gasteiger partial charge in [-0.2, -0.15) is 5.10 Å². The summed E-state index contributed by atoms with van der Waals surface area (Å²) in [6, 6.07) is 0. The van der Waals surface area contributed by atoms with Gasteiger partial charge < -0.3 is 5.73 Å². The van der Waals surface area contributed by atoms with E-state index in [-0.39, 0.29) is 11.0 Å². The van der Waals surface area contributed by atoms with Crippen molar-refractivity contribution in [2.45, 2.75) is 58.4 Å². The summed E-state index contributed by atoms with van der Waals surface area (Å²) in [6.07, 6.45) is 2.01. The van der Waals surface area contributed by atoms with Gasteiger partial charge in [-0.05, 0) is 20.3 Å². The van der Waals surface area contributed by atoms with Crippen molar-refractivity contribution in [3.05, 3.63) is 11.6 Å². The summed E-state index contributed by atoms with van der Waals surface area (Å²) in [5.41, 5.74) is 5.57. The van der Waals surface area contributed by atoms with Crippen LogP contribution in [-0.2, 0) is 11.8 Å². The lowest BCUT2D eigenvalue weighted by atomic mass is 9.74. The normalized spacial score (nSPS) is 13.2. The summed E-state index contributed by atoms with van der Waals surface area (Å²) in [4.78, 5) is 4.49. The predicted octanol–water partition coefficient (Wildman–Crippen LogP) is 1.77. The van der Waals surface area contributed by atoms with E-state index >= 15 is 0 Å². The van der Waals surface area contributed by atoms with Gasteiger partial charge >= 0.3 is 0 Å². The molecule has 0 amide bonds. The van der Waals surface area contributed by atoms with Gasteiger partial charge in [0.05, 0.1) is 0 Å². The molecule has 1 rings (SSSR count). The van der Waals surface area contributed by atoms with E-state index in [1.54, 1.807) is 0 Å². The molecule has 0 radical (unpaired) electrons. The Hall–Kier alpha value is -0.900. The average molecular weight is 210 g/mol. The molecule has 1 aromatic rings. The zero-order valence-electron chi connectivity index (χ0n) is 10.4. The number of hydrogen-bond donors (Lipinski definition) is 2. The second kappa shape index (κ2) is 3.93. The van der Waals surface area contributed by atoms with Crippen LogP contribution in [0.5, 0.6) is 0 Å². The molecule has 1 aromatic heterocycles. The molecule has 4 nitrogen and oxygen atoms in total. The van der Waals surface area contributed by atoms with E-state index in [9.17, 15) is 0 Å². The molecule has 0 aliphatic heterocycles. The first-order valence-corrected chi connectivity index (χ1v) is 5.49. The minimum absolute atomic E-state index is 0.227. The number of nitrogens with zero attached hydrogens (tertiary/aromatic N) is 2. The quantitative estimate of drug-likeness (QED) is 0.796. The van der Waals surface area contributed by atoms with Crippen LogP contribution >= 0.6 is 0 Å². The first kappa shape index (κ1) is 12.2. The van der Waals surface area contributed by atoms with Crippen molar-refractivity contribution < 1.29 is 0 Å². The summed E-state index contributed by atoms with van der Waals surface area (Å²) in [5, 5.41) is 7.23. The summed E-state index contributed by atoms with van der Waals surface area (Å²) < 4.78 is 0. The molecule has 0 aliphatic rings. The van der Waals surface area contributed by atoms with E-state index in [4.69, 9.17) is 5.73 Å². The Kier molecular flexibility index (Phi) is 3.19. The van der Waals surface area contributed by atoms with Crippen LogP contribution in [0.3, 0.4) is 0 Å². The predicted molar refractivity (Wildman–Crippen MR) is 61.7 cm³/mol. The second-order valence-corrected chi connectivity index (χ2v) is 5.20. The number of aromatic amines is 1. The maximum absolute atomic E-state index is 6.13. The van der Waals surface area contributed by atoms with Crippen molar-refractivity contribution in [1.29, 1.82) is 0 Å². The van der Waals surface area contributed by atoms with Crippen LogP contribution in [0.1, 0.15) is 52.7 Å². The topological polar surface area (TPSA) is 67.6 Å². The van der Waals surface area contributed by atoms with Crippen molar-refractivity contribution in [3.8, 4) is 0 Å². The summed E-state index contributed by atoms with van der Waals surface area (Å²) in [5.74, 6) is 1.75. The fourth-order valence-electron chi connectivity index (χ4n) is 1.21. The molecule has 0 saturated carbocycles. The highest BCUT2D eigenvalue weighted by Crippen LogP contribution is 2.30. The molecule has 0 saturated heterocycles. The van der Waals surface area contributed by atoms with E-state index < -0.39 is 0 Å². The summed E-state index contributed by atoms with van der Waals surface area (Å²) in [7, 11) is 0. The van der Waals surface area contributed by atoms with E-state index in [0.717, 1.165) is 24.5 Å². The number of hydrogen-bond acceptors (Lipinski definition) is 3. The van der Waals surface area contributed by atoms with Crippen LogP contribution in [0, 0.1) is 0 Å². The standard InChI is InChI=1S/C11H22N4/c1-6-7-8-13-9(15-14-8)10(2,3)11(4,5)12/h6-7,12H2,1-5H3,(H,13,14,15). The molecular weight excluding hydrogens is 188 g/mol. The molecule has 86 valence electrons. The number of nitrogens with two attached hydrogens (primary N) is 1. The third-order valence-electron chi connectivity index (χ3n) is 3.19. The number of aromatic nitrogens is 3. The molecule has 0 atom stereocenters. The van der Waals surface area contributed by atoms with Crippen LogP contribution in [0.25, 0.3) is 0 Å². The smallest absolute Gasteiger partial charge is 0.158 e. The van der Waals surface area contributed by atoms with Gasteiger partial charge in [0.15, 0.2) is 5.82 Å². The van der Waals surface area contributed by atoms with Gasteiger partial charge in [-0.25, -0.2) is 4.98 Å². The van der Waals surface area contributed by atoms with E-state index in [2.05, 4.69) is 36.0 Å². The maximum Gasteiger partial charge on any atom is 0.158 e. The van der Waals surface area contributed by atoms with Crippen LogP contribution < -0.4 is 5.73 Å². The first-order chi connectivity index (χ1) is 6.79. The zero-order valence-corrected chi connectivity index (χ0v) is 10.4. The minimum Gasteiger partial charge on any atom is -0.325 e. The molecule has 1 heterocycles. The molecule has 0 aliphatic carbocycles. The highest BCUT2D eigenvalue weighted by molar-refractivity contribution is 5.13. The van der Waals surface area contributed by atoms with Crippen LogP contribution in [0.2, 0.25) is 0 Å². The molecule has 0 spiro atoms. The van der Waals surface area contributed by atoms with Crippen molar-refractivity contribution in [2.24, 2.45) is 5.73 Å². The Morgan fingerprint density at radius 2 is 1.87 bits per heavy atom. The van der Waals surface area contributed by atoms with Crippen LogP contribution in [-0.4, -0.2) is 20.7 Å². The molecule has 3 N–H and O–H groups in total. The molecule has 0 fully saturated rings. The van der Waals surface area contributed by atoms with Crippen molar-refractivity contribution >= 4 is 0 Å². The lowest BCUT2D eigenvalue weighted by Crippen LogP contribution is -2.50. The van der Waals surface area contributed by atoms with E-state index in [1.807, 2.05) is 13.8 Å². The largest absolute Gasteiger partial charge is 0.325 e. The number of H-pyrrole nitrogens is 1. The number of aryl methyl sites for hydroxylation is 1. The second-order valence-electron chi connectivity index (χ2n) is 5.20. The minimum atomic E-state index is -0.335.